The van der Waals surface area contributed by atoms with E-state index < -0.39 is 16.4 Å². The number of nitro benzene ring substituents is 1. The van der Waals surface area contributed by atoms with E-state index in [-0.39, 0.29) is 25.3 Å². The van der Waals surface area contributed by atoms with E-state index >= 15 is 0 Å². The summed E-state index contributed by atoms with van der Waals surface area (Å²) in [5.74, 6) is -0.0896. The normalized spacial score (nSPS) is 13.3. The first-order chi connectivity index (χ1) is 9.77. The predicted molar refractivity (Wildman–Crippen MR) is 77.2 cm³/mol. The Morgan fingerprint density at radius 2 is 2.14 bits per heavy atom. The second kappa shape index (κ2) is 7.03. The van der Waals surface area contributed by atoms with Crippen LogP contribution in [0.25, 0.3) is 0 Å². The fraction of sp³-hybridized carbons (Fsp3) is 0.500. The Kier molecular flexibility index (Phi) is 5.66. The van der Waals surface area contributed by atoms with Crippen LogP contribution in [0.5, 0.6) is 5.75 Å². The predicted octanol–water partition coefficient (Wildman–Crippen LogP) is 1.95. The van der Waals surface area contributed by atoms with Gasteiger partial charge in [0, 0.05) is 12.5 Å². The Morgan fingerprint density at radius 3 is 2.71 bits per heavy atom. The molecule has 0 heterocycles. The van der Waals surface area contributed by atoms with Gasteiger partial charge in [0.15, 0.2) is 0 Å². The summed E-state index contributed by atoms with van der Waals surface area (Å²) in [6, 6.07) is 4.38. The first kappa shape index (κ1) is 16.9. The highest BCUT2D eigenvalue weighted by atomic mass is 16.6. The van der Waals surface area contributed by atoms with Gasteiger partial charge in [-0.15, -0.1) is 0 Å². The lowest BCUT2D eigenvalue weighted by atomic mass is 10.0. The van der Waals surface area contributed by atoms with Gasteiger partial charge in [-0.25, -0.2) is 0 Å². The van der Waals surface area contributed by atoms with E-state index in [2.05, 4.69) is 0 Å². The maximum Gasteiger partial charge on any atom is 0.325 e. The Labute approximate surface area is 123 Å². The molecule has 0 aliphatic carbocycles. The van der Waals surface area contributed by atoms with Gasteiger partial charge in [-0.2, -0.15) is 0 Å². The van der Waals surface area contributed by atoms with Crippen LogP contribution in [0.1, 0.15) is 25.8 Å². The van der Waals surface area contributed by atoms with Crippen molar-refractivity contribution in [2.45, 2.75) is 32.7 Å². The molecule has 1 aromatic carbocycles. The van der Waals surface area contributed by atoms with Crippen LogP contribution in [0.15, 0.2) is 18.2 Å². The average Bonchev–Trinajstić information content (AvgIpc) is 2.40. The molecule has 1 unspecified atom stereocenters. The number of rotatable bonds is 7. The number of esters is 1. The maximum absolute atomic E-state index is 11.6. The van der Waals surface area contributed by atoms with E-state index in [1.807, 2.05) is 0 Å². The van der Waals surface area contributed by atoms with Crippen molar-refractivity contribution in [2.75, 3.05) is 13.2 Å². The molecule has 0 amide bonds. The highest BCUT2D eigenvalue weighted by Crippen LogP contribution is 2.24. The molecule has 116 valence electrons. The largest absolute Gasteiger partial charge is 0.493 e. The lowest BCUT2D eigenvalue weighted by Crippen LogP contribution is -2.47. The molecule has 7 nitrogen and oxygen atoms in total. The minimum Gasteiger partial charge on any atom is -0.493 e. The molecule has 0 bridgehead atoms. The zero-order chi connectivity index (χ0) is 16.0. The number of hydrogen-bond acceptors (Lipinski definition) is 6. The Bertz CT molecular complexity index is 528. The lowest BCUT2D eigenvalue weighted by Gasteiger charge is -2.22. The van der Waals surface area contributed by atoms with Crippen LogP contribution < -0.4 is 10.5 Å². The molecule has 0 fully saturated rings. The van der Waals surface area contributed by atoms with Crippen LogP contribution in [-0.4, -0.2) is 29.6 Å². The van der Waals surface area contributed by atoms with Gasteiger partial charge in [0.2, 0.25) is 0 Å². The molecule has 2 N–H and O–H groups in total. The molecule has 1 atom stereocenters. The Morgan fingerprint density at radius 1 is 1.48 bits per heavy atom. The van der Waals surface area contributed by atoms with Crippen molar-refractivity contribution in [1.82, 2.24) is 0 Å². The van der Waals surface area contributed by atoms with Gasteiger partial charge >= 0.3 is 5.97 Å². The number of ether oxygens (including phenoxy) is 2. The molecule has 1 rings (SSSR count). The van der Waals surface area contributed by atoms with E-state index in [1.165, 1.54) is 12.1 Å². The molecular formula is C14H20N2O5. The number of carbonyl (C=O) groups is 1. The summed E-state index contributed by atoms with van der Waals surface area (Å²) in [5, 5.41) is 10.7. The SMILES string of the molecule is CCOC(=O)C(C)(N)CCOc1cc([N+](=O)[O-])ccc1C. The summed E-state index contributed by atoms with van der Waals surface area (Å²) in [5.41, 5.74) is 5.44. The molecule has 0 saturated heterocycles. The van der Waals surface area contributed by atoms with E-state index in [1.54, 1.807) is 26.8 Å². The monoisotopic (exact) mass is 296 g/mol. The molecule has 0 saturated carbocycles. The first-order valence-electron chi connectivity index (χ1n) is 6.62. The molecule has 0 spiro atoms. The van der Waals surface area contributed by atoms with E-state index in [4.69, 9.17) is 15.2 Å². The smallest absolute Gasteiger partial charge is 0.325 e. The standard InChI is InChI=1S/C14H20N2O5/c1-4-20-13(17)14(3,15)7-8-21-12-9-11(16(18)19)6-5-10(12)2/h5-6,9H,4,7-8,15H2,1-3H3. The van der Waals surface area contributed by atoms with Crippen LogP contribution >= 0.6 is 0 Å². The molecule has 1 aromatic rings. The topological polar surface area (TPSA) is 105 Å². The molecular weight excluding hydrogens is 276 g/mol. The van der Waals surface area contributed by atoms with Gasteiger partial charge in [0.05, 0.1) is 24.2 Å². The number of nitrogens with zero attached hydrogens (tertiary/aromatic N) is 1. The fourth-order valence-electron chi connectivity index (χ4n) is 1.63. The van der Waals surface area contributed by atoms with E-state index in [9.17, 15) is 14.9 Å². The molecule has 0 aliphatic heterocycles. The third kappa shape index (κ3) is 4.71. The van der Waals surface area contributed by atoms with Crippen LogP contribution in [0.2, 0.25) is 0 Å². The Balaban J connectivity index is 2.65. The van der Waals surface area contributed by atoms with Crippen molar-refractivity contribution >= 4 is 11.7 Å². The molecule has 0 radical (unpaired) electrons. The highest BCUT2D eigenvalue weighted by Gasteiger charge is 2.29. The number of hydrogen-bond donors (Lipinski definition) is 1. The molecule has 21 heavy (non-hydrogen) atoms. The zero-order valence-electron chi connectivity index (χ0n) is 12.4. The third-order valence-electron chi connectivity index (χ3n) is 3.00. The maximum atomic E-state index is 11.6. The number of benzene rings is 1. The number of nitrogens with two attached hydrogens (primary N) is 1. The summed E-state index contributed by atoms with van der Waals surface area (Å²) in [6.45, 7) is 5.47. The van der Waals surface area contributed by atoms with Gasteiger partial charge in [0.25, 0.3) is 5.69 Å². The van der Waals surface area contributed by atoms with E-state index in [0.29, 0.717) is 5.75 Å². The van der Waals surface area contributed by atoms with Crippen molar-refractivity contribution in [2.24, 2.45) is 5.73 Å². The van der Waals surface area contributed by atoms with E-state index in [0.717, 1.165) is 5.56 Å². The van der Waals surface area contributed by atoms with Crippen molar-refractivity contribution in [3.8, 4) is 5.75 Å². The summed E-state index contributed by atoms with van der Waals surface area (Å²) >= 11 is 0. The van der Waals surface area contributed by atoms with Crippen molar-refractivity contribution < 1.29 is 19.2 Å². The van der Waals surface area contributed by atoms with Gasteiger partial charge in [-0.3, -0.25) is 14.9 Å². The highest BCUT2D eigenvalue weighted by molar-refractivity contribution is 5.79. The summed E-state index contributed by atoms with van der Waals surface area (Å²) < 4.78 is 10.4. The number of carbonyl (C=O) groups excluding carboxylic acids is 1. The van der Waals surface area contributed by atoms with Crippen LogP contribution in [0.3, 0.4) is 0 Å². The summed E-state index contributed by atoms with van der Waals surface area (Å²) in [7, 11) is 0. The van der Waals surface area contributed by atoms with Crippen LogP contribution in [0, 0.1) is 17.0 Å². The number of nitro groups is 1. The zero-order valence-corrected chi connectivity index (χ0v) is 12.4. The van der Waals surface area contributed by atoms with Crippen molar-refractivity contribution in [3.63, 3.8) is 0 Å². The van der Waals surface area contributed by atoms with Crippen molar-refractivity contribution in [1.29, 1.82) is 0 Å². The number of aryl methyl sites for hydroxylation is 1. The second-order valence-electron chi connectivity index (χ2n) is 4.94. The van der Waals surface area contributed by atoms with Gasteiger partial charge in [0.1, 0.15) is 11.3 Å². The van der Waals surface area contributed by atoms with Gasteiger partial charge in [-0.1, -0.05) is 0 Å². The number of non-ortho nitro benzene ring substituents is 1. The summed E-state index contributed by atoms with van der Waals surface area (Å²) in [4.78, 5) is 21.9. The van der Waals surface area contributed by atoms with Crippen molar-refractivity contribution in [3.05, 3.63) is 33.9 Å². The van der Waals surface area contributed by atoms with Gasteiger partial charge < -0.3 is 15.2 Å². The van der Waals surface area contributed by atoms with Crippen LogP contribution in [-0.2, 0) is 9.53 Å². The minimum absolute atomic E-state index is 0.0449. The molecule has 7 heteroatoms. The first-order valence-corrected chi connectivity index (χ1v) is 6.62. The molecule has 0 aliphatic rings. The Hall–Kier alpha value is -2.15. The molecule has 0 aromatic heterocycles. The quantitative estimate of drug-likeness (QED) is 0.468. The minimum atomic E-state index is -1.15. The third-order valence-corrected chi connectivity index (χ3v) is 3.00. The van der Waals surface area contributed by atoms with Gasteiger partial charge in [-0.05, 0) is 32.4 Å². The fourth-order valence-corrected chi connectivity index (χ4v) is 1.63. The lowest BCUT2D eigenvalue weighted by molar-refractivity contribution is -0.384. The van der Waals surface area contributed by atoms with Crippen LogP contribution in [0.4, 0.5) is 5.69 Å². The average molecular weight is 296 g/mol. The summed E-state index contributed by atoms with van der Waals surface area (Å²) in [6.07, 6.45) is 0.244. The second-order valence-corrected chi connectivity index (χ2v) is 4.94.